The molecule has 3 rings (SSSR count). The summed E-state index contributed by atoms with van der Waals surface area (Å²) in [4.78, 5) is 4.49. The molecular weight excluding hydrogens is 264 g/mol. The van der Waals surface area contributed by atoms with E-state index >= 15 is 0 Å². The first kappa shape index (κ1) is 14.3. The molecule has 1 aliphatic carbocycles. The number of aliphatic hydroxyl groups is 1. The number of nitrogens with zero attached hydrogens (tertiary/aromatic N) is 2. The zero-order chi connectivity index (χ0) is 14.8. The van der Waals surface area contributed by atoms with Crippen molar-refractivity contribution in [2.24, 2.45) is 0 Å². The lowest BCUT2D eigenvalue weighted by molar-refractivity contribution is 0.0908. The van der Waals surface area contributed by atoms with Gasteiger partial charge in [-0.2, -0.15) is 4.98 Å². The van der Waals surface area contributed by atoms with Crippen molar-refractivity contribution in [3.63, 3.8) is 0 Å². The van der Waals surface area contributed by atoms with Crippen LogP contribution in [0.15, 0.2) is 28.8 Å². The molecule has 1 aliphatic rings. The van der Waals surface area contributed by atoms with E-state index in [-0.39, 0.29) is 12.0 Å². The highest BCUT2D eigenvalue weighted by molar-refractivity contribution is 5.54. The number of rotatable bonds is 3. The molecule has 4 heteroatoms. The normalized spacial score (nSPS) is 22.7. The van der Waals surface area contributed by atoms with Gasteiger partial charge in [0.2, 0.25) is 11.7 Å². The van der Waals surface area contributed by atoms with E-state index in [2.05, 4.69) is 36.1 Å². The van der Waals surface area contributed by atoms with Gasteiger partial charge in [-0.25, -0.2) is 0 Å². The van der Waals surface area contributed by atoms with Gasteiger partial charge < -0.3 is 9.63 Å². The highest BCUT2D eigenvalue weighted by Gasteiger charge is 2.29. The van der Waals surface area contributed by atoms with E-state index in [0.717, 1.165) is 31.2 Å². The van der Waals surface area contributed by atoms with Gasteiger partial charge in [0.25, 0.3) is 0 Å². The standard InChI is InChI=1S/C17H22N2O2/c1-11(2)12-7-9-13(10-8-12)16-18-17(21-19-16)14-5-3-4-6-15(14)20/h7-11,14-15,20H,3-6H2,1-2H3. The predicted octanol–water partition coefficient (Wildman–Crippen LogP) is 3.88. The molecule has 1 fully saturated rings. The Morgan fingerprint density at radius 3 is 2.52 bits per heavy atom. The van der Waals surface area contributed by atoms with E-state index in [1.165, 1.54) is 5.56 Å². The third kappa shape index (κ3) is 3.00. The number of hydrogen-bond donors (Lipinski definition) is 1. The molecular formula is C17H22N2O2. The lowest BCUT2D eigenvalue weighted by Crippen LogP contribution is -2.22. The van der Waals surface area contributed by atoms with E-state index in [9.17, 15) is 5.11 Å². The quantitative estimate of drug-likeness (QED) is 0.930. The monoisotopic (exact) mass is 286 g/mol. The van der Waals surface area contributed by atoms with Crippen LogP contribution in [-0.4, -0.2) is 21.4 Å². The molecule has 2 aromatic rings. The molecule has 2 atom stereocenters. The average molecular weight is 286 g/mol. The van der Waals surface area contributed by atoms with Crippen LogP contribution in [0.2, 0.25) is 0 Å². The molecule has 1 aromatic heterocycles. The van der Waals surface area contributed by atoms with E-state index in [4.69, 9.17) is 4.52 Å². The Morgan fingerprint density at radius 1 is 1.14 bits per heavy atom. The van der Waals surface area contributed by atoms with Gasteiger partial charge in [0, 0.05) is 5.56 Å². The maximum Gasteiger partial charge on any atom is 0.232 e. The number of aromatic nitrogens is 2. The second kappa shape index (κ2) is 5.98. The molecule has 4 nitrogen and oxygen atoms in total. The van der Waals surface area contributed by atoms with Crippen molar-refractivity contribution >= 4 is 0 Å². The average Bonchev–Trinajstić information content (AvgIpc) is 2.97. The minimum absolute atomic E-state index is 0.00469. The first-order valence-electron chi connectivity index (χ1n) is 7.77. The van der Waals surface area contributed by atoms with Crippen molar-refractivity contribution < 1.29 is 9.63 Å². The molecule has 0 saturated heterocycles. The summed E-state index contributed by atoms with van der Waals surface area (Å²) in [6, 6.07) is 8.26. The Hall–Kier alpha value is -1.68. The maximum absolute atomic E-state index is 10.1. The SMILES string of the molecule is CC(C)c1ccc(-c2noc(C3CCCCC3O)n2)cc1. The summed E-state index contributed by atoms with van der Waals surface area (Å²) in [6.07, 6.45) is 3.59. The molecule has 21 heavy (non-hydrogen) atoms. The number of hydrogen-bond acceptors (Lipinski definition) is 4. The second-order valence-electron chi connectivity index (χ2n) is 6.19. The summed E-state index contributed by atoms with van der Waals surface area (Å²) < 4.78 is 5.39. The molecule has 1 heterocycles. The van der Waals surface area contributed by atoms with Crippen molar-refractivity contribution in [1.82, 2.24) is 10.1 Å². The molecule has 1 N–H and O–H groups in total. The molecule has 0 amide bonds. The van der Waals surface area contributed by atoms with Gasteiger partial charge in [0.15, 0.2) is 0 Å². The minimum Gasteiger partial charge on any atom is -0.392 e. The Morgan fingerprint density at radius 2 is 1.86 bits per heavy atom. The van der Waals surface area contributed by atoms with Crippen molar-refractivity contribution in [3.05, 3.63) is 35.7 Å². The van der Waals surface area contributed by atoms with Crippen LogP contribution in [0.4, 0.5) is 0 Å². The summed E-state index contributed by atoms with van der Waals surface area (Å²) in [5.74, 6) is 1.69. The van der Waals surface area contributed by atoms with E-state index in [0.29, 0.717) is 17.6 Å². The Balaban J connectivity index is 1.81. The Kier molecular flexibility index (Phi) is 4.06. The van der Waals surface area contributed by atoms with Gasteiger partial charge in [-0.1, -0.05) is 56.1 Å². The van der Waals surface area contributed by atoms with Gasteiger partial charge in [-0.05, 0) is 24.3 Å². The largest absolute Gasteiger partial charge is 0.392 e. The van der Waals surface area contributed by atoms with Crippen LogP contribution >= 0.6 is 0 Å². The molecule has 2 unspecified atom stereocenters. The molecule has 0 bridgehead atoms. The van der Waals surface area contributed by atoms with Gasteiger partial charge >= 0.3 is 0 Å². The summed E-state index contributed by atoms with van der Waals surface area (Å²) >= 11 is 0. The fourth-order valence-electron chi connectivity index (χ4n) is 2.92. The highest BCUT2D eigenvalue weighted by Crippen LogP contribution is 2.33. The van der Waals surface area contributed by atoms with Gasteiger partial charge in [-0.3, -0.25) is 0 Å². The molecule has 0 spiro atoms. The topological polar surface area (TPSA) is 59.2 Å². The van der Waals surface area contributed by atoms with Crippen molar-refractivity contribution in [2.45, 2.75) is 57.5 Å². The lowest BCUT2D eigenvalue weighted by Gasteiger charge is -2.24. The second-order valence-corrected chi connectivity index (χ2v) is 6.19. The fraction of sp³-hybridized carbons (Fsp3) is 0.529. The van der Waals surface area contributed by atoms with Gasteiger partial charge in [0.05, 0.1) is 12.0 Å². The van der Waals surface area contributed by atoms with Crippen LogP contribution in [0, 0.1) is 0 Å². The predicted molar refractivity (Wildman–Crippen MR) is 81.0 cm³/mol. The molecule has 1 saturated carbocycles. The number of benzene rings is 1. The molecule has 0 radical (unpaired) electrons. The third-order valence-corrected chi connectivity index (χ3v) is 4.32. The number of aliphatic hydroxyl groups excluding tert-OH is 1. The first-order chi connectivity index (χ1) is 10.1. The van der Waals surface area contributed by atoms with E-state index in [1.54, 1.807) is 0 Å². The Labute approximate surface area is 125 Å². The van der Waals surface area contributed by atoms with Crippen LogP contribution < -0.4 is 0 Å². The zero-order valence-electron chi connectivity index (χ0n) is 12.6. The Bertz CT molecular complexity index is 589. The van der Waals surface area contributed by atoms with Crippen LogP contribution in [0.5, 0.6) is 0 Å². The van der Waals surface area contributed by atoms with Crippen LogP contribution in [-0.2, 0) is 0 Å². The van der Waals surface area contributed by atoms with Crippen LogP contribution in [0.1, 0.15) is 62.8 Å². The minimum atomic E-state index is -0.352. The molecule has 112 valence electrons. The smallest absolute Gasteiger partial charge is 0.232 e. The van der Waals surface area contributed by atoms with E-state index in [1.807, 2.05) is 12.1 Å². The first-order valence-corrected chi connectivity index (χ1v) is 7.77. The lowest BCUT2D eigenvalue weighted by atomic mass is 9.86. The van der Waals surface area contributed by atoms with Crippen LogP contribution in [0.3, 0.4) is 0 Å². The summed E-state index contributed by atoms with van der Waals surface area (Å²) in [5.41, 5.74) is 2.25. The van der Waals surface area contributed by atoms with Crippen molar-refractivity contribution in [3.8, 4) is 11.4 Å². The third-order valence-electron chi connectivity index (χ3n) is 4.32. The summed E-state index contributed by atoms with van der Waals surface area (Å²) in [7, 11) is 0. The summed E-state index contributed by atoms with van der Waals surface area (Å²) in [6.45, 7) is 4.35. The van der Waals surface area contributed by atoms with Crippen molar-refractivity contribution in [2.75, 3.05) is 0 Å². The van der Waals surface area contributed by atoms with Crippen LogP contribution in [0.25, 0.3) is 11.4 Å². The summed E-state index contributed by atoms with van der Waals surface area (Å²) in [5, 5.41) is 14.1. The fourth-order valence-corrected chi connectivity index (χ4v) is 2.92. The molecule has 1 aromatic carbocycles. The van der Waals surface area contributed by atoms with Gasteiger partial charge in [0.1, 0.15) is 0 Å². The highest BCUT2D eigenvalue weighted by atomic mass is 16.5. The molecule has 0 aliphatic heterocycles. The maximum atomic E-state index is 10.1. The van der Waals surface area contributed by atoms with E-state index < -0.39 is 0 Å². The van der Waals surface area contributed by atoms with Gasteiger partial charge in [-0.15, -0.1) is 0 Å². The van der Waals surface area contributed by atoms with Crippen molar-refractivity contribution in [1.29, 1.82) is 0 Å². The zero-order valence-corrected chi connectivity index (χ0v) is 12.6.